The van der Waals surface area contributed by atoms with Gasteiger partial charge in [-0.3, -0.25) is 9.69 Å². The first kappa shape index (κ1) is 24.2. The van der Waals surface area contributed by atoms with Crippen molar-refractivity contribution in [1.82, 2.24) is 9.88 Å². The van der Waals surface area contributed by atoms with Crippen LogP contribution in [-0.4, -0.2) is 98.7 Å². The first-order valence-corrected chi connectivity index (χ1v) is 12.0. The van der Waals surface area contributed by atoms with E-state index in [1.54, 1.807) is 0 Å². The Morgan fingerprint density at radius 3 is 2.52 bits per heavy atom. The molecule has 2 N–H and O–H groups in total. The number of carbonyl (C=O) groups excluding carboxylic acids is 1. The van der Waals surface area contributed by atoms with Gasteiger partial charge in [0.1, 0.15) is 5.69 Å². The number of nitrogens with zero attached hydrogens (tertiary/aromatic N) is 4. The zero-order chi connectivity index (χ0) is 21.9. The molecule has 3 saturated heterocycles. The van der Waals surface area contributed by atoms with Gasteiger partial charge in [-0.15, -0.1) is 23.7 Å². The van der Waals surface area contributed by atoms with Crippen LogP contribution in [0.4, 0.5) is 16.5 Å². The molecule has 3 aliphatic heterocycles. The molecule has 2 atom stereocenters. The zero-order valence-electron chi connectivity index (χ0n) is 18.4. The molecule has 4 heterocycles. The van der Waals surface area contributed by atoms with Crippen LogP contribution in [0.3, 0.4) is 0 Å². The van der Waals surface area contributed by atoms with Gasteiger partial charge in [-0.05, 0) is 12.1 Å². The SMILES string of the molecule is Cl.O=C(Nc1ccccc1N1CCN([C@H]2COC[C@@H]2O)CC1)c1csc(N2CCOCC2)n1. The van der Waals surface area contributed by atoms with Crippen molar-refractivity contribution in [3.05, 3.63) is 35.3 Å². The van der Waals surface area contributed by atoms with E-state index in [0.717, 1.165) is 55.8 Å². The summed E-state index contributed by atoms with van der Waals surface area (Å²) in [4.78, 5) is 24.2. The molecular weight excluding hydrogens is 466 g/mol. The molecule has 1 aromatic carbocycles. The molecule has 11 heteroatoms. The van der Waals surface area contributed by atoms with Gasteiger partial charge in [-0.1, -0.05) is 12.1 Å². The van der Waals surface area contributed by atoms with Crippen molar-refractivity contribution in [1.29, 1.82) is 0 Å². The van der Waals surface area contributed by atoms with E-state index in [9.17, 15) is 9.90 Å². The van der Waals surface area contributed by atoms with E-state index in [-0.39, 0.29) is 24.4 Å². The molecule has 33 heavy (non-hydrogen) atoms. The van der Waals surface area contributed by atoms with E-state index in [4.69, 9.17) is 9.47 Å². The van der Waals surface area contributed by atoms with Crippen molar-refractivity contribution in [2.24, 2.45) is 0 Å². The van der Waals surface area contributed by atoms with Gasteiger partial charge in [0.2, 0.25) is 0 Å². The smallest absolute Gasteiger partial charge is 0.275 e. The third kappa shape index (κ3) is 5.42. The van der Waals surface area contributed by atoms with Gasteiger partial charge in [0, 0.05) is 44.6 Å². The highest BCUT2D eigenvalue weighted by Gasteiger charge is 2.33. The quantitative estimate of drug-likeness (QED) is 0.645. The summed E-state index contributed by atoms with van der Waals surface area (Å²) >= 11 is 1.49. The molecule has 0 spiro atoms. The predicted octanol–water partition coefficient (Wildman–Crippen LogP) is 1.54. The molecule has 0 bridgehead atoms. The van der Waals surface area contributed by atoms with E-state index in [1.165, 1.54) is 11.3 Å². The maximum atomic E-state index is 12.9. The summed E-state index contributed by atoms with van der Waals surface area (Å²) in [5, 5.41) is 15.9. The Morgan fingerprint density at radius 2 is 1.79 bits per heavy atom. The van der Waals surface area contributed by atoms with Crippen molar-refractivity contribution in [2.75, 3.05) is 80.8 Å². The molecule has 3 fully saturated rings. The van der Waals surface area contributed by atoms with Gasteiger partial charge in [0.25, 0.3) is 5.91 Å². The van der Waals surface area contributed by atoms with E-state index in [0.29, 0.717) is 32.1 Å². The highest BCUT2D eigenvalue weighted by Crippen LogP contribution is 2.29. The Kier molecular flexibility index (Phi) is 8.05. The molecule has 1 aromatic heterocycles. The predicted molar refractivity (Wildman–Crippen MR) is 131 cm³/mol. The second kappa shape index (κ2) is 11.0. The van der Waals surface area contributed by atoms with Crippen LogP contribution < -0.4 is 15.1 Å². The number of amides is 1. The van der Waals surface area contributed by atoms with Crippen molar-refractivity contribution in [3.63, 3.8) is 0 Å². The topological polar surface area (TPSA) is 90.4 Å². The van der Waals surface area contributed by atoms with Gasteiger partial charge in [0.05, 0.1) is 49.9 Å². The summed E-state index contributed by atoms with van der Waals surface area (Å²) in [5.41, 5.74) is 2.23. The van der Waals surface area contributed by atoms with Crippen molar-refractivity contribution >= 4 is 46.2 Å². The van der Waals surface area contributed by atoms with Crippen molar-refractivity contribution < 1.29 is 19.4 Å². The third-order valence-electron chi connectivity index (χ3n) is 6.30. The minimum Gasteiger partial charge on any atom is -0.389 e. The highest BCUT2D eigenvalue weighted by molar-refractivity contribution is 7.14. The van der Waals surface area contributed by atoms with Crippen molar-refractivity contribution in [2.45, 2.75) is 12.1 Å². The highest BCUT2D eigenvalue weighted by atomic mass is 35.5. The fourth-order valence-corrected chi connectivity index (χ4v) is 5.34. The number of aliphatic hydroxyl groups excluding tert-OH is 1. The molecule has 0 unspecified atom stereocenters. The van der Waals surface area contributed by atoms with Crippen LogP contribution in [0.15, 0.2) is 29.6 Å². The number of benzene rings is 1. The van der Waals surface area contributed by atoms with Crippen molar-refractivity contribution in [3.8, 4) is 0 Å². The standard InChI is InChI=1S/C22H29N5O4S.ClH/c28-20-14-31-13-19(20)26-7-5-25(6-8-26)18-4-2-1-3-16(18)23-21(29)17-15-32-22(24-17)27-9-11-30-12-10-27;/h1-4,15,19-20,28H,5-14H2,(H,23,29);1H/t19-,20-;/m0./s1. The lowest BCUT2D eigenvalue weighted by molar-refractivity contribution is 0.0785. The Morgan fingerprint density at radius 1 is 1.03 bits per heavy atom. The second-order valence-electron chi connectivity index (χ2n) is 8.28. The van der Waals surface area contributed by atoms with Crippen LogP contribution in [-0.2, 0) is 9.47 Å². The maximum Gasteiger partial charge on any atom is 0.275 e. The average Bonchev–Trinajstić information content (AvgIpc) is 3.50. The summed E-state index contributed by atoms with van der Waals surface area (Å²) in [5.74, 6) is -0.196. The largest absolute Gasteiger partial charge is 0.389 e. The van der Waals surface area contributed by atoms with Gasteiger partial charge in [0.15, 0.2) is 5.13 Å². The summed E-state index contributed by atoms with van der Waals surface area (Å²) in [7, 11) is 0. The normalized spacial score (nSPS) is 23.9. The number of aromatic nitrogens is 1. The lowest BCUT2D eigenvalue weighted by Gasteiger charge is -2.40. The summed E-state index contributed by atoms with van der Waals surface area (Å²) in [6.07, 6.45) is -0.409. The lowest BCUT2D eigenvalue weighted by atomic mass is 10.1. The van der Waals surface area contributed by atoms with Gasteiger partial charge >= 0.3 is 0 Å². The number of nitrogens with one attached hydrogen (secondary N) is 1. The van der Waals surface area contributed by atoms with Crippen LogP contribution in [0, 0.1) is 0 Å². The maximum absolute atomic E-state index is 12.9. The molecule has 5 rings (SSSR count). The monoisotopic (exact) mass is 495 g/mol. The number of hydrogen-bond acceptors (Lipinski definition) is 9. The Hall–Kier alpha value is -1.95. The van der Waals surface area contributed by atoms with Crippen LogP contribution in [0.5, 0.6) is 0 Å². The fraction of sp³-hybridized carbons (Fsp3) is 0.545. The van der Waals surface area contributed by atoms with Gasteiger partial charge < -0.3 is 29.7 Å². The fourth-order valence-electron chi connectivity index (χ4n) is 4.48. The number of aliphatic hydroxyl groups is 1. The number of thiazole rings is 1. The Bertz CT molecular complexity index is 933. The summed E-state index contributed by atoms with van der Waals surface area (Å²) in [6.45, 7) is 7.34. The number of halogens is 1. The summed E-state index contributed by atoms with van der Waals surface area (Å²) < 4.78 is 10.8. The van der Waals surface area contributed by atoms with Crippen LogP contribution in [0.1, 0.15) is 10.5 Å². The molecular formula is C22H30ClN5O4S. The number of para-hydroxylation sites is 2. The Labute approximate surface area is 203 Å². The molecule has 3 aliphatic rings. The zero-order valence-corrected chi connectivity index (χ0v) is 20.0. The Balaban J connectivity index is 0.00000259. The van der Waals surface area contributed by atoms with Gasteiger partial charge in [-0.2, -0.15) is 0 Å². The third-order valence-corrected chi connectivity index (χ3v) is 7.21. The van der Waals surface area contributed by atoms with Crippen LogP contribution in [0.25, 0.3) is 0 Å². The number of piperazine rings is 1. The summed E-state index contributed by atoms with van der Waals surface area (Å²) in [6, 6.07) is 7.98. The molecule has 1 amide bonds. The number of rotatable bonds is 5. The molecule has 0 saturated carbocycles. The van der Waals surface area contributed by atoms with Gasteiger partial charge in [-0.25, -0.2) is 4.98 Å². The molecule has 0 radical (unpaired) electrons. The minimum atomic E-state index is -0.409. The molecule has 0 aliphatic carbocycles. The first-order chi connectivity index (χ1) is 15.7. The number of anilines is 3. The van der Waals surface area contributed by atoms with Crippen LogP contribution >= 0.6 is 23.7 Å². The molecule has 9 nitrogen and oxygen atoms in total. The average molecular weight is 496 g/mol. The number of ether oxygens (including phenoxy) is 2. The number of morpholine rings is 1. The molecule has 2 aromatic rings. The van der Waals surface area contributed by atoms with E-state index in [2.05, 4.69) is 25.0 Å². The number of hydrogen-bond donors (Lipinski definition) is 2. The lowest BCUT2D eigenvalue weighted by Crippen LogP contribution is -2.53. The molecule has 180 valence electrons. The number of carbonyl (C=O) groups is 1. The van der Waals surface area contributed by atoms with E-state index in [1.807, 2.05) is 29.6 Å². The second-order valence-corrected chi connectivity index (χ2v) is 9.12. The minimum absolute atomic E-state index is 0. The van der Waals surface area contributed by atoms with Crippen LogP contribution in [0.2, 0.25) is 0 Å². The van der Waals surface area contributed by atoms with E-state index < -0.39 is 6.10 Å². The first-order valence-electron chi connectivity index (χ1n) is 11.1. The van der Waals surface area contributed by atoms with E-state index >= 15 is 0 Å².